The smallest absolute Gasteiger partial charge is 0.163 e. The maximum atomic E-state index is 13.9. The molecule has 0 saturated heterocycles. The largest absolute Gasteiger partial charge is 0.490 e. The Bertz CT molecular complexity index is 1150. The predicted molar refractivity (Wildman–Crippen MR) is 120 cm³/mol. The van der Waals surface area contributed by atoms with Gasteiger partial charge < -0.3 is 19.8 Å². The maximum absolute atomic E-state index is 13.9. The van der Waals surface area contributed by atoms with E-state index in [1.54, 1.807) is 24.3 Å². The molecular formula is C24H23ClFN3O2. The molecule has 1 aromatic heterocycles. The van der Waals surface area contributed by atoms with Crippen LogP contribution in [-0.4, -0.2) is 16.6 Å². The molecule has 0 fully saturated rings. The molecule has 0 saturated carbocycles. The van der Waals surface area contributed by atoms with Crippen molar-refractivity contribution in [3.63, 3.8) is 0 Å². The summed E-state index contributed by atoms with van der Waals surface area (Å²) in [6, 6.07) is 18.0. The molecule has 0 radical (unpaired) electrons. The van der Waals surface area contributed by atoms with Crippen LogP contribution in [0.2, 0.25) is 5.02 Å². The summed E-state index contributed by atoms with van der Waals surface area (Å²) in [5.41, 5.74) is 3.29. The fourth-order valence-electron chi connectivity index (χ4n) is 3.27. The minimum atomic E-state index is -0.307. The molecule has 0 aliphatic heterocycles. The van der Waals surface area contributed by atoms with Crippen molar-refractivity contribution < 1.29 is 13.9 Å². The van der Waals surface area contributed by atoms with Crippen LogP contribution >= 0.6 is 11.6 Å². The lowest BCUT2D eigenvalue weighted by atomic mass is 10.2. The van der Waals surface area contributed by atoms with Crippen molar-refractivity contribution in [2.75, 3.05) is 6.61 Å². The first-order valence-corrected chi connectivity index (χ1v) is 10.5. The van der Waals surface area contributed by atoms with E-state index in [2.05, 4.69) is 15.3 Å². The van der Waals surface area contributed by atoms with Gasteiger partial charge in [-0.15, -0.1) is 0 Å². The molecule has 31 heavy (non-hydrogen) atoms. The van der Waals surface area contributed by atoms with Crippen molar-refractivity contribution in [2.45, 2.75) is 26.6 Å². The van der Waals surface area contributed by atoms with Crippen LogP contribution in [0.3, 0.4) is 0 Å². The number of ether oxygens (including phenoxy) is 2. The van der Waals surface area contributed by atoms with Gasteiger partial charge in [-0.3, -0.25) is 0 Å². The molecule has 160 valence electrons. The van der Waals surface area contributed by atoms with Gasteiger partial charge in [0, 0.05) is 23.2 Å². The van der Waals surface area contributed by atoms with Gasteiger partial charge in [-0.05, 0) is 36.8 Å². The van der Waals surface area contributed by atoms with Crippen molar-refractivity contribution >= 4 is 22.6 Å². The lowest BCUT2D eigenvalue weighted by molar-refractivity contribution is 0.265. The monoisotopic (exact) mass is 439 g/mol. The van der Waals surface area contributed by atoms with Crippen LogP contribution in [0.15, 0.2) is 60.7 Å². The number of H-pyrrole nitrogens is 1. The molecule has 7 heteroatoms. The Hall–Kier alpha value is -3.09. The third-order valence-electron chi connectivity index (χ3n) is 4.80. The Morgan fingerprint density at radius 3 is 2.55 bits per heavy atom. The van der Waals surface area contributed by atoms with Gasteiger partial charge in [0.15, 0.2) is 11.5 Å². The molecule has 0 amide bonds. The summed E-state index contributed by atoms with van der Waals surface area (Å²) in [6.07, 6.45) is 0. The third kappa shape index (κ3) is 5.16. The number of fused-ring (bicyclic) bond motifs is 1. The summed E-state index contributed by atoms with van der Waals surface area (Å²) in [4.78, 5) is 7.85. The quantitative estimate of drug-likeness (QED) is 0.355. The number of hydrogen-bond acceptors (Lipinski definition) is 4. The Balaban J connectivity index is 1.43. The maximum Gasteiger partial charge on any atom is 0.163 e. The summed E-state index contributed by atoms with van der Waals surface area (Å²) in [5.74, 6) is 1.60. The third-order valence-corrected chi connectivity index (χ3v) is 5.15. The Morgan fingerprint density at radius 2 is 1.74 bits per heavy atom. The number of halogens is 2. The Labute approximate surface area is 185 Å². The van der Waals surface area contributed by atoms with Crippen LogP contribution in [0.4, 0.5) is 4.39 Å². The van der Waals surface area contributed by atoms with Gasteiger partial charge in [0.1, 0.15) is 18.2 Å². The second-order valence-corrected chi connectivity index (χ2v) is 7.41. The van der Waals surface area contributed by atoms with E-state index in [9.17, 15) is 4.39 Å². The number of aromatic amines is 1. The van der Waals surface area contributed by atoms with Crippen molar-refractivity contribution in [1.82, 2.24) is 15.3 Å². The van der Waals surface area contributed by atoms with Gasteiger partial charge in [-0.1, -0.05) is 41.9 Å². The van der Waals surface area contributed by atoms with E-state index in [0.29, 0.717) is 41.8 Å². The molecule has 4 aromatic rings. The highest BCUT2D eigenvalue weighted by molar-refractivity contribution is 6.31. The van der Waals surface area contributed by atoms with Crippen LogP contribution in [-0.2, 0) is 19.7 Å². The fourth-order valence-corrected chi connectivity index (χ4v) is 3.49. The summed E-state index contributed by atoms with van der Waals surface area (Å²) in [5, 5.41) is 3.90. The number of imidazole rings is 1. The molecule has 0 bridgehead atoms. The molecule has 5 nitrogen and oxygen atoms in total. The second kappa shape index (κ2) is 9.81. The number of benzene rings is 3. The van der Waals surface area contributed by atoms with Crippen LogP contribution in [0.25, 0.3) is 11.0 Å². The van der Waals surface area contributed by atoms with Crippen LogP contribution in [0.1, 0.15) is 23.9 Å². The van der Waals surface area contributed by atoms with E-state index in [1.807, 2.05) is 37.3 Å². The van der Waals surface area contributed by atoms with Gasteiger partial charge in [0.05, 0.1) is 24.2 Å². The first-order valence-electron chi connectivity index (χ1n) is 10.1. The molecule has 0 aliphatic rings. The predicted octanol–water partition coefficient (Wildman–Crippen LogP) is 5.62. The van der Waals surface area contributed by atoms with Crippen LogP contribution in [0, 0.1) is 5.82 Å². The van der Waals surface area contributed by atoms with E-state index < -0.39 is 0 Å². The Morgan fingerprint density at radius 1 is 0.968 bits per heavy atom. The van der Waals surface area contributed by atoms with Gasteiger partial charge >= 0.3 is 0 Å². The average Bonchev–Trinajstić information content (AvgIpc) is 3.18. The second-order valence-electron chi connectivity index (χ2n) is 7.01. The number of para-hydroxylation sites is 2. The fraction of sp³-hybridized carbons (Fsp3) is 0.208. The van der Waals surface area contributed by atoms with E-state index in [1.165, 1.54) is 6.07 Å². The van der Waals surface area contributed by atoms with Gasteiger partial charge in [-0.25, -0.2) is 9.37 Å². The molecule has 3 aromatic carbocycles. The van der Waals surface area contributed by atoms with E-state index in [0.717, 1.165) is 22.4 Å². The standard InChI is InChI=1S/C24H23ClFN3O2/c1-2-30-22-11-17(13-27-14-24-28-20-9-5-6-10-21(20)29-24)18(25)12-23(22)31-15-16-7-3-4-8-19(16)26/h3-12,27H,2,13-15H2,1H3,(H,28,29). The highest BCUT2D eigenvalue weighted by atomic mass is 35.5. The van der Waals surface area contributed by atoms with Crippen molar-refractivity contribution in [1.29, 1.82) is 0 Å². The zero-order chi connectivity index (χ0) is 21.6. The highest BCUT2D eigenvalue weighted by Gasteiger charge is 2.13. The molecular weight excluding hydrogens is 417 g/mol. The zero-order valence-electron chi connectivity index (χ0n) is 17.1. The highest BCUT2D eigenvalue weighted by Crippen LogP contribution is 2.34. The number of rotatable bonds is 9. The van der Waals surface area contributed by atoms with E-state index in [4.69, 9.17) is 21.1 Å². The molecule has 0 unspecified atom stereocenters. The van der Waals surface area contributed by atoms with Gasteiger partial charge in [0.25, 0.3) is 0 Å². The van der Waals surface area contributed by atoms with Crippen molar-refractivity contribution in [3.05, 3.63) is 88.5 Å². The van der Waals surface area contributed by atoms with Crippen molar-refractivity contribution in [2.24, 2.45) is 0 Å². The molecule has 0 atom stereocenters. The Kier molecular flexibility index (Phi) is 6.70. The SMILES string of the molecule is CCOc1cc(CNCc2nc3ccccc3[nH]2)c(Cl)cc1OCc1ccccc1F. The topological polar surface area (TPSA) is 59.2 Å². The molecule has 1 heterocycles. The zero-order valence-corrected chi connectivity index (χ0v) is 17.9. The molecule has 0 spiro atoms. The average molecular weight is 440 g/mol. The van der Waals surface area contributed by atoms with Gasteiger partial charge in [-0.2, -0.15) is 0 Å². The summed E-state index contributed by atoms with van der Waals surface area (Å²) in [6.45, 7) is 3.56. The first kappa shape index (κ1) is 21.2. The van der Waals surface area contributed by atoms with Crippen molar-refractivity contribution in [3.8, 4) is 11.5 Å². The summed E-state index contributed by atoms with van der Waals surface area (Å²) >= 11 is 6.49. The van der Waals surface area contributed by atoms with E-state index in [-0.39, 0.29) is 12.4 Å². The minimum Gasteiger partial charge on any atom is -0.490 e. The molecule has 4 rings (SSSR count). The number of hydrogen-bond donors (Lipinski definition) is 2. The molecule has 0 aliphatic carbocycles. The number of nitrogens with zero attached hydrogens (tertiary/aromatic N) is 1. The number of nitrogens with one attached hydrogen (secondary N) is 2. The molecule has 2 N–H and O–H groups in total. The van der Waals surface area contributed by atoms with Crippen LogP contribution < -0.4 is 14.8 Å². The number of aromatic nitrogens is 2. The van der Waals surface area contributed by atoms with Crippen LogP contribution in [0.5, 0.6) is 11.5 Å². The van der Waals surface area contributed by atoms with E-state index >= 15 is 0 Å². The lowest BCUT2D eigenvalue weighted by Gasteiger charge is -2.15. The van der Waals surface area contributed by atoms with Gasteiger partial charge in [0.2, 0.25) is 0 Å². The normalized spacial score (nSPS) is 11.1. The summed E-state index contributed by atoms with van der Waals surface area (Å²) < 4.78 is 25.4. The summed E-state index contributed by atoms with van der Waals surface area (Å²) in [7, 11) is 0. The minimum absolute atomic E-state index is 0.0900. The first-order chi connectivity index (χ1) is 15.1. The lowest BCUT2D eigenvalue weighted by Crippen LogP contribution is -2.14.